The maximum atomic E-state index is 11.8. The average Bonchev–Trinajstić information content (AvgIpc) is 2.88. The van der Waals surface area contributed by atoms with E-state index in [1.807, 2.05) is 25.1 Å². The van der Waals surface area contributed by atoms with Crippen LogP contribution in [0.1, 0.15) is 13.3 Å². The molecule has 0 radical (unpaired) electrons. The first-order valence-corrected chi connectivity index (χ1v) is 7.93. The Morgan fingerprint density at radius 3 is 3.16 bits per heavy atom. The number of anilines is 1. The van der Waals surface area contributed by atoms with E-state index >= 15 is 0 Å². The smallest absolute Gasteiger partial charge is 0.234 e. The van der Waals surface area contributed by atoms with E-state index in [-0.39, 0.29) is 11.9 Å². The molecule has 1 aromatic heterocycles. The summed E-state index contributed by atoms with van der Waals surface area (Å²) >= 11 is 2.70. The molecule has 0 fully saturated rings. The van der Waals surface area contributed by atoms with E-state index in [1.165, 1.54) is 0 Å². The van der Waals surface area contributed by atoms with Crippen LogP contribution >= 0.6 is 23.5 Å². The number of fused-ring (bicyclic) bond motifs is 1. The summed E-state index contributed by atoms with van der Waals surface area (Å²) in [5, 5.41) is 2.87. The molecule has 2 rings (SSSR count). The number of amides is 1. The molecule has 1 atom stereocenters. The fourth-order valence-electron chi connectivity index (χ4n) is 1.51. The summed E-state index contributed by atoms with van der Waals surface area (Å²) in [5.74, 6) is 1.17. The first-order chi connectivity index (χ1) is 9.20. The van der Waals surface area contributed by atoms with E-state index < -0.39 is 0 Å². The van der Waals surface area contributed by atoms with Gasteiger partial charge in [0.2, 0.25) is 5.91 Å². The van der Waals surface area contributed by atoms with Crippen LogP contribution in [0.25, 0.3) is 11.0 Å². The van der Waals surface area contributed by atoms with E-state index in [2.05, 4.69) is 14.1 Å². The molecular weight excluding hydrogens is 280 g/mol. The van der Waals surface area contributed by atoms with Gasteiger partial charge in [0.25, 0.3) is 0 Å². The number of aromatic nitrogens is 2. The summed E-state index contributed by atoms with van der Waals surface area (Å²) in [6.07, 6.45) is 0.929. The van der Waals surface area contributed by atoms with Gasteiger partial charge in [-0.25, -0.2) is 0 Å². The van der Waals surface area contributed by atoms with E-state index in [4.69, 9.17) is 5.73 Å². The topological polar surface area (TPSA) is 80.9 Å². The second-order valence-corrected chi connectivity index (χ2v) is 5.73. The monoisotopic (exact) mass is 296 g/mol. The van der Waals surface area contributed by atoms with Crippen LogP contribution in [0.3, 0.4) is 0 Å². The third-order valence-electron chi connectivity index (χ3n) is 2.65. The van der Waals surface area contributed by atoms with E-state index in [9.17, 15) is 4.79 Å². The fraction of sp³-hybridized carbons (Fsp3) is 0.417. The molecule has 0 spiro atoms. The maximum absolute atomic E-state index is 11.8. The summed E-state index contributed by atoms with van der Waals surface area (Å²) in [6.45, 7) is 2.04. The molecule has 0 saturated carbocycles. The number of hydrogen-bond donors (Lipinski definition) is 2. The molecule has 2 aromatic rings. The summed E-state index contributed by atoms with van der Waals surface area (Å²) in [4.78, 5) is 11.8. The Balaban J connectivity index is 1.90. The first kappa shape index (κ1) is 14.2. The highest BCUT2D eigenvalue weighted by Gasteiger charge is 2.09. The molecule has 3 N–H and O–H groups in total. The molecule has 1 heterocycles. The van der Waals surface area contributed by atoms with E-state index in [0.717, 1.165) is 40.6 Å². The predicted octanol–water partition coefficient (Wildman–Crippen LogP) is 2.10. The van der Waals surface area contributed by atoms with Gasteiger partial charge in [-0.3, -0.25) is 4.79 Å². The average molecular weight is 296 g/mol. The highest BCUT2D eigenvalue weighted by atomic mass is 32.2. The lowest BCUT2D eigenvalue weighted by atomic mass is 10.2. The number of rotatable bonds is 6. The third kappa shape index (κ3) is 3.89. The van der Waals surface area contributed by atoms with Crippen LogP contribution < -0.4 is 11.1 Å². The van der Waals surface area contributed by atoms with Crippen molar-refractivity contribution < 1.29 is 4.79 Å². The van der Waals surface area contributed by atoms with Crippen LogP contribution in [0.2, 0.25) is 0 Å². The van der Waals surface area contributed by atoms with Crippen molar-refractivity contribution in [1.29, 1.82) is 0 Å². The Labute approximate surface area is 120 Å². The van der Waals surface area contributed by atoms with Gasteiger partial charge in [0, 0.05) is 11.8 Å². The van der Waals surface area contributed by atoms with Crippen LogP contribution in [0.4, 0.5) is 5.69 Å². The summed E-state index contributed by atoms with van der Waals surface area (Å²) in [6, 6.07) is 5.73. The van der Waals surface area contributed by atoms with Gasteiger partial charge < -0.3 is 11.1 Å². The van der Waals surface area contributed by atoms with Crippen LogP contribution in [-0.2, 0) is 4.79 Å². The quantitative estimate of drug-likeness (QED) is 0.853. The standard InChI is InChI=1S/C12H16N4OS2/c1-2-8(13)6-18-7-11(17)14-9-4-3-5-10-12(9)16-19-15-10/h3-5,8H,2,6-7,13H2,1H3,(H,14,17). The normalized spacial score (nSPS) is 12.5. The zero-order valence-electron chi connectivity index (χ0n) is 10.6. The first-order valence-electron chi connectivity index (χ1n) is 6.05. The lowest BCUT2D eigenvalue weighted by Crippen LogP contribution is -2.23. The number of nitrogens with two attached hydrogens (primary N) is 1. The number of nitrogens with zero attached hydrogens (tertiary/aromatic N) is 2. The number of benzene rings is 1. The van der Waals surface area contributed by atoms with Crippen LogP contribution in [0.15, 0.2) is 18.2 Å². The van der Waals surface area contributed by atoms with Gasteiger partial charge in [-0.05, 0) is 18.6 Å². The zero-order valence-corrected chi connectivity index (χ0v) is 12.3. The minimum Gasteiger partial charge on any atom is -0.327 e. The predicted molar refractivity (Wildman–Crippen MR) is 81.6 cm³/mol. The third-order valence-corrected chi connectivity index (χ3v) is 4.32. The number of hydrogen-bond acceptors (Lipinski definition) is 6. The zero-order chi connectivity index (χ0) is 13.7. The van der Waals surface area contributed by atoms with Crippen molar-refractivity contribution in [2.24, 2.45) is 5.73 Å². The van der Waals surface area contributed by atoms with Gasteiger partial charge in [-0.2, -0.15) is 20.5 Å². The largest absolute Gasteiger partial charge is 0.327 e. The molecule has 102 valence electrons. The maximum Gasteiger partial charge on any atom is 0.234 e. The summed E-state index contributed by atoms with van der Waals surface area (Å²) in [7, 11) is 0. The molecule has 0 bridgehead atoms. The van der Waals surface area contributed by atoms with E-state index in [0.29, 0.717) is 5.75 Å². The molecule has 1 unspecified atom stereocenters. The molecule has 0 aliphatic heterocycles. The Morgan fingerprint density at radius 1 is 1.53 bits per heavy atom. The molecule has 1 amide bonds. The van der Waals surface area contributed by atoms with Gasteiger partial charge in [0.05, 0.1) is 23.2 Å². The van der Waals surface area contributed by atoms with Crippen molar-refractivity contribution in [2.45, 2.75) is 19.4 Å². The SMILES string of the molecule is CCC(N)CSCC(=O)Nc1cccc2nsnc12. The number of nitrogens with one attached hydrogen (secondary N) is 1. The summed E-state index contributed by atoms with van der Waals surface area (Å²) in [5.41, 5.74) is 8.08. The number of thioether (sulfide) groups is 1. The van der Waals surface area contributed by atoms with Crippen molar-refractivity contribution in [3.8, 4) is 0 Å². The lowest BCUT2D eigenvalue weighted by Gasteiger charge is -2.08. The fourth-order valence-corrected chi connectivity index (χ4v) is 2.98. The van der Waals surface area contributed by atoms with Gasteiger partial charge in [-0.1, -0.05) is 13.0 Å². The van der Waals surface area contributed by atoms with Gasteiger partial charge in [0.1, 0.15) is 11.0 Å². The van der Waals surface area contributed by atoms with Crippen molar-refractivity contribution in [1.82, 2.24) is 8.75 Å². The van der Waals surface area contributed by atoms with Crippen molar-refractivity contribution in [2.75, 3.05) is 16.8 Å². The minimum absolute atomic E-state index is 0.0335. The Bertz CT molecular complexity index is 557. The number of carbonyl (C=O) groups excluding carboxylic acids is 1. The second kappa shape index (κ2) is 6.83. The minimum atomic E-state index is -0.0335. The molecule has 7 heteroatoms. The molecule has 1 aromatic carbocycles. The lowest BCUT2D eigenvalue weighted by molar-refractivity contribution is -0.113. The molecule has 0 saturated heterocycles. The Kier molecular flexibility index (Phi) is 5.12. The van der Waals surface area contributed by atoms with Crippen molar-refractivity contribution >= 4 is 46.1 Å². The molecule has 0 aliphatic rings. The number of carbonyl (C=O) groups is 1. The second-order valence-electron chi connectivity index (χ2n) is 4.17. The molecule has 19 heavy (non-hydrogen) atoms. The highest BCUT2D eigenvalue weighted by Crippen LogP contribution is 2.21. The molecule has 5 nitrogen and oxygen atoms in total. The van der Waals surface area contributed by atoms with Gasteiger partial charge in [0.15, 0.2) is 0 Å². The van der Waals surface area contributed by atoms with Crippen LogP contribution in [0, 0.1) is 0 Å². The Morgan fingerprint density at radius 2 is 2.37 bits per heavy atom. The van der Waals surface area contributed by atoms with Crippen molar-refractivity contribution in [3.63, 3.8) is 0 Å². The van der Waals surface area contributed by atoms with E-state index in [1.54, 1.807) is 11.8 Å². The van der Waals surface area contributed by atoms with Gasteiger partial charge in [-0.15, -0.1) is 0 Å². The highest BCUT2D eigenvalue weighted by molar-refractivity contribution is 8.00. The van der Waals surface area contributed by atoms with Crippen molar-refractivity contribution in [3.05, 3.63) is 18.2 Å². The summed E-state index contributed by atoms with van der Waals surface area (Å²) < 4.78 is 8.32. The molecule has 0 aliphatic carbocycles. The van der Waals surface area contributed by atoms with Gasteiger partial charge >= 0.3 is 0 Å². The van der Waals surface area contributed by atoms with Crippen LogP contribution in [-0.4, -0.2) is 32.2 Å². The Hall–Kier alpha value is -1.18. The molecular formula is C12H16N4OS2. The van der Waals surface area contributed by atoms with Crippen LogP contribution in [0.5, 0.6) is 0 Å².